The Morgan fingerprint density at radius 1 is 1.21 bits per heavy atom. The summed E-state index contributed by atoms with van der Waals surface area (Å²) in [6, 6.07) is 7.74. The fraction of sp³-hybridized carbons (Fsp3) is 0.556. The first-order valence-corrected chi connectivity index (χ1v) is 8.47. The molecule has 0 saturated carbocycles. The number of ether oxygens (including phenoxy) is 1. The second-order valence-electron chi connectivity index (χ2n) is 6.25. The topological polar surface area (TPSA) is 61.9 Å². The van der Waals surface area contributed by atoms with Crippen molar-refractivity contribution in [2.45, 2.75) is 32.2 Å². The van der Waals surface area contributed by atoms with Crippen LogP contribution in [0.5, 0.6) is 5.75 Å². The number of nitrogens with zero attached hydrogens (tertiary/aromatic N) is 2. The lowest BCUT2D eigenvalue weighted by Crippen LogP contribution is -2.49. The molecule has 1 saturated heterocycles. The highest BCUT2D eigenvalue weighted by atomic mass is 16.5. The predicted molar refractivity (Wildman–Crippen MR) is 93.1 cm³/mol. The van der Waals surface area contributed by atoms with E-state index in [9.17, 15) is 9.59 Å². The average Bonchev–Trinajstić information content (AvgIpc) is 2.57. The summed E-state index contributed by atoms with van der Waals surface area (Å²) in [5.74, 6) is 0.961. The van der Waals surface area contributed by atoms with Crippen LogP contribution in [-0.2, 0) is 11.2 Å². The summed E-state index contributed by atoms with van der Waals surface area (Å²) in [6.07, 6.45) is 2.00. The van der Waals surface area contributed by atoms with Gasteiger partial charge in [-0.15, -0.1) is 0 Å². The van der Waals surface area contributed by atoms with E-state index >= 15 is 0 Å². The zero-order valence-corrected chi connectivity index (χ0v) is 14.7. The largest absolute Gasteiger partial charge is 0.494 e. The van der Waals surface area contributed by atoms with Gasteiger partial charge in [-0.2, -0.15) is 0 Å². The van der Waals surface area contributed by atoms with E-state index in [0.29, 0.717) is 26.1 Å². The number of nitrogens with one attached hydrogen (secondary N) is 1. The molecular formula is C18H27N3O3. The molecular weight excluding hydrogens is 306 g/mol. The Kier molecular flexibility index (Phi) is 6.46. The van der Waals surface area contributed by atoms with Crippen molar-refractivity contribution >= 4 is 11.9 Å². The summed E-state index contributed by atoms with van der Waals surface area (Å²) in [4.78, 5) is 27.5. The third kappa shape index (κ3) is 5.15. The minimum atomic E-state index is -0.0748. The van der Waals surface area contributed by atoms with Crippen LogP contribution in [0.15, 0.2) is 24.3 Å². The fourth-order valence-electron chi connectivity index (χ4n) is 2.73. The van der Waals surface area contributed by atoms with E-state index in [1.807, 2.05) is 36.1 Å². The lowest BCUT2D eigenvalue weighted by Gasteiger charge is -2.33. The minimum Gasteiger partial charge on any atom is -0.494 e. The molecule has 6 heteroatoms. The number of amides is 3. The van der Waals surface area contributed by atoms with Crippen LogP contribution in [-0.4, -0.2) is 61.6 Å². The highest BCUT2D eigenvalue weighted by Crippen LogP contribution is 2.15. The van der Waals surface area contributed by atoms with E-state index in [2.05, 4.69) is 5.32 Å². The zero-order chi connectivity index (χ0) is 17.5. The first-order chi connectivity index (χ1) is 11.5. The van der Waals surface area contributed by atoms with Crippen LogP contribution in [0.1, 0.15) is 25.3 Å². The second-order valence-corrected chi connectivity index (χ2v) is 6.25. The maximum absolute atomic E-state index is 12.4. The molecule has 0 unspecified atom stereocenters. The molecule has 24 heavy (non-hydrogen) atoms. The van der Waals surface area contributed by atoms with E-state index < -0.39 is 0 Å². The van der Waals surface area contributed by atoms with Crippen LogP contribution in [0, 0.1) is 0 Å². The Balaban J connectivity index is 1.79. The molecule has 6 nitrogen and oxygen atoms in total. The number of carbonyl (C=O) groups excluding carboxylic acids is 2. The van der Waals surface area contributed by atoms with Crippen LogP contribution in [0.4, 0.5) is 4.79 Å². The van der Waals surface area contributed by atoms with Gasteiger partial charge in [0.25, 0.3) is 0 Å². The van der Waals surface area contributed by atoms with E-state index in [0.717, 1.165) is 24.2 Å². The molecule has 132 valence electrons. The maximum atomic E-state index is 12.4. The highest BCUT2D eigenvalue weighted by molar-refractivity contribution is 5.79. The van der Waals surface area contributed by atoms with Gasteiger partial charge in [-0.25, -0.2) is 4.79 Å². The summed E-state index contributed by atoms with van der Waals surface area (Å²) in [6.45, 7) is 3.96. The Morgan fingerprint density at radius 3 is 2.38 bits per heavy atom. The molecule has 0 bridgehead atoms. The number of hydrogen-bond acceptors (Lipinski definition) is 3. The SMILES string of the molecule is CCOc1ccc(CC(=O)N2CCC(NC(=O)N(C)C)CC2)cc1. The summed E-state index contributed by atoms with van der Waals surface area (Å²) in [5.41, 5.74) is 0.992. The lowest BCUT2D eigenvalue weighted by molar-refractivity contribution is -0.131. The molecule has 1 N–H and O–H groups in total. The third-order valence-electron chi connectivity index (χ3n) is 4.17. The Labute approximate surface area is 143 Å². The summed E-state index contributed by atoms with van der Waals surface area (Å²) in [5, 5.41) is 2.98. The number of hydrogen-bond donors (Lipinski definition) is 1. The molecule has 1 heterocycles. The predicted octanol–water partition coefficient (Wildman–Crippen LogP) is 1.89. The van der Waals surface area contributed by atoms with Crippen molar-refractivity contribution in [3.05, 3.63) is 29.8 Å². The van der Waals surface area contributed by atoms with Gasteiger partial charge in [0.05, 0.1) is 13.0 Å². The molecule has 3 amide bonds. The van der Waals surface area contributed by atoms with Gasteiger partial charge in [0.1, 0.15) is 5.75 Å². The first-order valence-electron chi connectivity index (χ1n) is 8.47. The van der Waals surface area contributed by atoms with Gasteiger partial charge in [0, 0.05) is 33.2 Å². The molecule has 1 fully saturated rings. The molecule has 0 radical (unpaired) electrons. The number of carbonyl (C=O) groups is 2. The monoisotopic (exact) mass is 333 g/mol. The van der Waals surface area contributed by atoms with Crippen LogP contribution in [0.3, 0.4) is 0 Å². The normalized spacial score (nSPS) is 15.0. The molecule has 1 aliphatic heterocycles. The molecule has 0 aliphatic carbocycles. The summed E-state index contributed by atoms with van der Waals surface area (Å²) >= 11 is 0. The standard InChI is InChI=1S/C18H27N3O3/c1-4-24-16-7-5-14(6-8-16)13-17(22)21-11-9-15(10-12-21)19-18(23)20(2)3/h5-8,15H,4,9-13H2,1-3H3,(H,19,23). The molecule has 0 aromatic heterocycles. The Morgan fingerprint density at radius 2 is 1.83 bits per heavy atom. The van der Waals surface area contributed by atoms with E-state index in [1.165, 1.54) is 4.90 Å². The number of piperidine rings is 1. The summed E-state index contributed by atoms with van der Waals surface area (Å²) < 4.78 is 5.41. The molecule has 1 aliphatic rings. The van der Waals surface area contributed by atoms with Crippen molar-refractivity contribution in [3.8, 4) is 5.75 Å². The van der Waals surface area contributed by atoms with Crippen molar-refractivity contribution in [1.29, 1.82) is 0 Å². The zero-order valence-electron chi connectivity index (χ0n) is 14.7. The van der Waals surface area contributed by atoms with Crippen LogP contribution in [0.25, 0.3) is 0 Å². The van der Waals surface area contributed by atoms with Gasteiger partial charge < -0.3 is 19.9 Å². The summed E-state index contributed by atoms with van der Waals surface area (Å²) in [7, 11) is 3.45. The van der Waals surface area contributed by atoms with Crippen LogP contribution in [0.2, 0.25) is 0 Å². The molecule has 1 aromatic rings. The smallest absolute Gasteiger partial charge is 0.317 e. The lowest BCUT2D eigenvalue weighted by atomic mass is 10.0. The molecule has 2 rings (SSSR count). The first kappa shape index (κ1) is 18.1. The number of urea groups is 1. The van der Waals surface area contributed by atoms with E-state index in [-0.39, 0.29) is 18.0 Å². The van der Waals surface area contributed by atoms with Gasteiger partial charge in [-0.1, -0.05) is 12.1 Å². The Bertz CT molecular complexity index is 549. The van der Waals surface area contributed by atoms with Gasteiger partial charge in [-0.3, -0.25) is 4.79 Å². The Hall–Kier alpha value is -2.24. The van der Waals surface area contributed by atoms with E-state index in [4.69, 9.17) is 4.74 Å². The quantitative estimate of drug-likeness (QED) is 0.895. The maximum Gasteiger partial charge on any atom is 0.317 e. The second kappa shape index (κ2) is 8.57. The van der Waals surface area contributed by atoms with Crippen molar-refractivity contribution in [3.63, 3.8) is 0 Å². The molecule has 0 spiro atoms. The van der Waals surface area contributed by atoms with E-state index in [1.54, 1.807) is 14.1 Å². The third-order valence-corrected chi connectivity index (χ3v) is 4.17. The van der Waals surface area contributed by atoms with Crippen molar-refractivity contribution in [1.82, 2.24) is 15.1 Å². The number of rotatable bonds is 5. The highest BCUT2D eigenvalue weighted by Gasteiger charge is 2.24. The number of likely N-dealkylation sites (tertiary alicyclic amines) is 1. The molecule has 1 aromatic carbocycles. The van der Waals surface area contributed by atoms with Gasteiger partial charge in [0.2, 0.25) is 5.91 Å². The molecule has 0 atom stereocenters. The van der Waals surface area contributed by atoms with Crippen molar-refractivity contribution in [2.75, 3.05) is 33.8 Å². The number of benzene rings is 1. The van der Waals surface area contributed by atoms with Crippen LogP contribution < -0.4 is 10.1 Å². The average molecular weight is 333 g/mol. The van der Waals surface area contributed by atoms with Crippen LogP contribution >= 0.6 is 0 Å². The van der Waals surface area contributed by atoms with Crippen molar-refractivity contribution in [2.24, 2.45) is 0 Å². The van der Waals surface area contributed by atoms with Crippen molar-refractivity contribution < 1.29 is 14.3 Å². The van der Waals surface area contributed by atoms with Gasteiger partial charge in [-0.05, 0) is 37.5 Å². The fourth-order valence-corrected chi connectivity index (χ4v) is 2.73. The minimum absolute atomic E-state index is 0.0748. The van der Waals surface area contributed by atoms with Gasteiger partial charge in [0.15, 0.2) is 0 Å². The van der Waals surface area contributed by atoms with Gasteiger partial charge >= 0.3 is 6.03 Å².